The number of ether oxygens (including phenoxy) is 1. The van der Waals surface area contributed by atoms with Crippen LogP contribution in [0, 0.1) is 12.3 Å². The Hall–Kier alpha value is -2.94. The SMILES string of the molecule is Cc1ccc(N2CCO[C@H](C(O)C(=O)Nc3ccc(C(=N)N)cc3)C2=O)cc1.Cl. The van der Waals surface area contributed by atoms with Gasteiger partial charge in [-0.1, -0.05) is 17.7 Å². The van der Waals surface area contributed by atoms with Crippen LogP contribution in [0.2, 0.25) is 0 Å². The lowest BCUT2D eigenvalue weighted by Crippen LogP contribution is -2.55. The number of hydrogen-bond donors (Lipinski definition) is 4. The number of rotatable bonds is 5. The predicted molar refractivity (Wildman–Crippen MR) is 113 cm³/mol. The zero-order valence-electron chi connectivity index (χ0n) is 15.8. The molecule has 0 aliphatic carbocycles. The van der Waals surface area contributed by atoms with E-state index in [1.54, 1.807) is 24.3 Å². The molecule has 0 bridgehead atoms. The molecule has 5 N–H and O–H groups in total. The van der Waals surface area contributed by atoms with E-state index in [2.05, 4.69) is 5.32 Å². The summed E-state index contributed by atoms with van der Waals surface area (Å²) in [5.41, 5.74) is 8.07. The smallest absolute Gasteiger partial charge is 0.259 e. The number of aryl methyl sites for hydroxylation is 1. The summed E-state index contributed by atoms with van der Waals surface area (Å²) >= 11 is 0. The summed E-state index contributed by atoms with van der Waals surface area (Å²) in [5, 5.41) is 20.3. The average molecular weight is 419 g/mol. The van der Waals surface area contributed by atoms with E-state index in [1.165, 1.54) is 4.90 Å². The first-order chi connectivity index (χ1) is 13.4. The highest BCUT2D eigenvalue weighted by molar-refractivity contribution is 6.04. The van der Waals surface area contributed by atoms with Crippen LogP contribution in [-0.4, -0.2) is 48.1 Å². The van der Waals surface area contributed by atoms with Crippen LogP contribution in [0.5, 0.6) is 0 Å². The van der Waals surface area contributed by atoms with Crippen LogP contribution in [0.4, 0.5) is 11.4 Å². The Morgan fingerprint density at radius 1 is 1.24 bits per heavy atom. The number of carbonyl (C=O) groups excluding carboxylic acids is 2. The normalized spacial score (nSPS) is 17.2. The van der Waals surface area contributed by atoms with Crippen molar-refractivity contribution in [3.8, 4) is 0 Å². The van der Waals surface area contributed by atoms with E-state index < -0.39 is 24.0 Å². The Bertz CT molecular complexity index is 886. The molecular formula is C20H23ClN4O4. The number of nitrogens with two attached hydrogens (primary N) is 1. The Balaban J connectivity index is 0.00000300. The molecule has 2 atom stereocenters. The van der Waals surface area contributed by atoms with Gasteiger partial charge in [0.05, 0.1) is 6.61 Å². The van der Waals surface area contributed by atoms with Crippen molar-refractivity contribution in [1.82, 2.24) is 0 Å². The monoisotopic (exact) mass is 418 g/mol. The molecule has 1 unspecified atom stereocenters. The van der Waals surface area contributed by atoms with Crippen molar-refractivity contribution in [2.24, 2.45) is 5.73 Å². The first-order valence-corrected chi connectivity index (χ1v) is 8.80. The molecule has 1 aliphatic heterocycles. The van der Waals surface area contributed by atoms with Crippen molar-refractivity contribution in [2.45, 2.75) is 19.1 Å². The van der Waals surface area contributed by atoms with E-state index in [9.17, 15) is 14.7 Å². The number of nitrogens with zero attached hydrogens (tertiary/aromatic N) is 1. The number of carbonyl (C=O) groups is 2. The van der Waals surface area contributed by atoms with Crippen LogP contribution in [0.25, 0.3) is 0 Å². The molecule has 1 aliphatic rings. The summed E-state index contributed by atoms with van der Waals surface area (Å²) in [4.78, 5) is 26.6. The minimum Gasteiger partial charge on any atom is -0.384 e. The fraction of sp³-hybridized carbons (Fsp3) is 0.250. The third-order valence-electron chi connectivity index (χ3n) is 4.49. The predicted octanol–water partition coefficient (Wildman–Crippen LogP) is 1.43. The number of nitrogens with one attached hydrogen (secondary N) is 2. The highest BCUT2D eigenvalue weighted by Crippen LogP contribution is 2.21. The molecule has 0 radical (unpaired) electrons. The lowest BCUT2D eigenvalue weighted by atomic mass is 10.1. The van der Waals surface area contributed by atoms with Crippen molar-refractivity contribution in [2.75, 3.05) is 23.4 Å². The topological polar surface area (TPSA) is 129 Å². The largest absolute Gasteiger partial charge is 0.384 e. The number of aliphatic hydroxyl groups is 1. The Morgan fingerprint density at radius 3 is 2.45 bits per heavy atom. The molecular weight excluding hydrogens is 396 g/mol. The second-order valence-corrected chi connectivity index (χ2v) is 6.54. The highest BCUT2D eigenvalue weighted by atomic mass is 35.5. The summed E-state index contributed by atoms with van der Waals surface area (Å²) < 4.78 is 5.39. The van der Waals surface area contributed by atoms with Crippen LogP contribution < -0.4 is 16.0 Å². The fourth-order valence-corrected chi connectivity index (χ4v) is 2.90. The number of anilines is 2. The van der Waals surface area contributed by atoms with Crippen LogP contribution in [0.15, 0.2) is 48.5 Å². The minimum absolute atomic E-state index is 0. The summed E-state index contributed by atoms with van der Waals surface area (Å²) in [6.45, 7) is 2.51. The first kappa shape index (κ1) is 22.4. The van der Waals surface area contributed by atoms with Gasteiger partial charge in [-0.25, -0.2) is 0 Å². The lowest BCUT2D eigenvalue weighted by molar-refractivity contribution is -0.150. The van der Waals surface area contributed by atoms with E-state index in [4.69, 9.17) is 15.9 Å². The number of morpholine rings is 1. The number of nitrogen functional groups attached to an aromatic ring is 1. The summed E-state index contributed by atoms with van der Waals surface area (Å²) in [6, 6.07) is 13.7. The molecule has 1 saturated heterocycles. The molecule has 0 spiro atoms. The quantitative estimate of drug-likeness (QED) is 0.431. The molecule has 0 saturated carbocycles. The van der Waals surface area contributed by atoms with Crippen molar-refractivity contribution in [3.05, 3.63) is 59.7 Å². The third-order valence-corrected chi connectivity index (χ3v) is 4.49. The van der Waals surface area contributed by atoms with E-state index in [0.717, 1.165) is 5.56 Å². The maximum atomic E-state index is 12.8. The molecule has 2 aromatic carbocycles. The van der Waals surface area contributed by atoms with Gasteiger partial charge in [0.15, 0.2) is 12.2 Å². The molecule has 0 aromatic heterocycles. The second-order valence-electron chi connectivity index (χ2n) is 6.54. The van der Waals surface area contributed by atoms with Crippen molar-refractivity contribution in [1.29, 1.82) is 5.41 Å². The van der Waals surface area contributed by atoms with Gasteiger partial charge < -0.3 is 25.8 Å². The maximum absolute atomic E-state index is 12.8. The fourth-order valence-electron chi connectivity index (χ4n) is 2.90. The van der Waals surface area contributed by atoms with E-state index in [0.29, 0.717) is 23.5 Å². The van der Waals surface area contributed by atoms with Crippen LogP contribution in [0.3, 0.4) is 0 Å². The molecule has 1 fully saturated rings. The van der Waals surface area contributed by atoms with Gasteiger partial charge in [0, 0.05) is 23.5 Å². The number of hydrogen-bond acceptors (Lipinski definition) is 5. The van der Waals surface area contributed by atoms with Gasteiger partial charge >= 0.3 is 0 Å². The standard InChI is InChI=1S/C20H22N4O4.ClH/c1-12-2-8-15(9-3-12)24-10-11-28-17(20(24)27)16(25)19(26)23-14-6-4-13(5-7-14)18(21)22;/h2-9,16-17,25H,10-11H2,1H3,(H3,21,22)(H,23,26);1H/t16?,17-;/m1./s1. The van der Waals surface area contributed by atoms with Crippen molar-refractivity contribution >= 4 is 41.4 Å². The second kappa shape index (κ2) is 9.51. The zero-order chi connectivity index (χ0) is 20.3. The molecule has 29 heavy (non-hydrogen) atoms. The molecule has 154 valence electrons. The lowest BCUT2D eigenvalue weighted by Gasteiger charge is -2.34. The van der Waals surface area contributed by atoms with Crippen molar-refractivity contribution < 1.29 is 19.4 Å². The number of aliphatic hydroxyl groups excluding tert-OH is 1. The molecule has 8 nitrogen and oxygen atoms in total. The molecule has 2 aromatic rings. The number of halogens is 1. The molecule has 9 heteroatoms. The minimum atomic E-state index is -1.66. The molecule has 3 rings (SSSR count). The number of amides is 2. The van der Waals surface area contributed by atoms with Crippen LogP contribution in [0.1, 0.15) is 11.1 Å². The first-order valence-electron chi connectivity index (χ1n) is 8.80. The van der Waals surface area contributed by atoms with Gasteiger partial charge in [0.2, 0.25) is 0 Å². The summed E-state index contributed by atoms with van der Waals surface area (Å²) in [5.74, 6) is -1.31. The van der Waals surface area contributed by atoms with Gasteiger partial charge in [-0.05, 0) is 43.3 Å². The number of amidine groups is 1. The van der Waals surface area contributed by atoms with Gasteiger partial charge in [0.1, 0.15) is 5.84 Å². The van der Waals surface area contributed by atoms with Crippen LogP contribution in [-0.2, 0) is 14.3 Å². The Morgan fingerprint density at radius 2 is 1.86 bits per heavy atom. The zero-order valence-corrected chi connectivity index (χ0v) is 16.6. The summed E-state index contributed by atoms with van der Waals surface area (Å²) in [7, 11) is 0. The van der Waals surface area contributed by atoms with E-state index >= 15 is 0 Å². The van der Waals surface area contributed by atoms with Gasteiger partial charge in [0.25, 0.3) is 11.8 Å². The third kappa shape index (κ3) is 5.11. The van der Waals surface area contributed by atoms with E-state index in [1.807, 2.05) is 31.2 Å². The van der Waals surface area contributed by atoms with Gasteiger partial charge in [-0.3, -0.25) is 15.0 Å². The summed E-state index contributed by atoms with van der Waals surface area (Å²) in [6.07, 6.45) is -2.94. The highest BCUT2D eigenvalue weighted by Gasteiger charge is 2.39. The molecule has 2 amide bonds. The number of benzene rings is 2. The van der Waals surface area contributed by atoms with Gasteiger partial charge in [-0.15, -0.1) is 12.4 Å². The maximum Gasteiger partial charge on any atom is 0.259 e. The Kier molecular flexibility index (Phi) is 7.33. The molecule has 1 heterocycles. The van der Waals surface area contributed by atoms with Crippen LogP contribution >= 0.6 is 12.4 Å². The van der Waals surface area contributed by atoms with Gasteiger partial charge in [-0.2, -0.15) is 0 Å². The van der Waals surface area contributed by atoms with E-state index in [-0.39, 0.29) is 24.8 Å². The van der Waals surface area contributed by atoms with Crippen molar-refractivity contribution in [3.63, 3.8) is 0 Å². The Labute approximate surface area is 174 Å². The average Bonchev–Trinajstić information content (AvgIpc) is 2.69.